The molecule has 6 heteroatoms. The van der Waals surface area contributed by atoms with Crippen molar-refractivity contribution in [3.05, 3.63) is 71.8 Å². The van der Waals surface area contributed by atoms with Crippen molar-refractivity contribution < 1.29 is 23.8 Å². The number of carbonyl (C=O) groups excluding carboxylic acids is 2. The van der Waals surface area contributed by atoms with Gasteiger partial charge in [-0.25, -0.2) is 0 Å². The first-order valence-electron chi connectivity index (χ1n) is 9.14. The fraction of sp³-hybridized carbons (Fsp3) is 0.130. The molecule has 0 saturated carbocycles. The molecule has 29 heavy (non-hydrogen) atoms. The second-order valence-electron chi connectivity index (χ2n) is 6.28. The molecule has 0 aliphatic carbocycles. The quantitative estimate of drug-likeness (QED) is 0.302. The van der Waals surface area contributed by atoms with E-state index in [2.05, 4.69) is 0 Å². The van der Waals surface area contributed by atoms with E-state index in [1.54, 1.807) is 42.1 Å². The van der Waals surface area contributed by atoms with Crippen LogP contribution in [0.1, 0.15) is 27.6 Å². The molecule has 146 valence electrons. The molecule has 3 aromatic carbocycles. The van der Waals surface area contributed by atoms with E-state index in [9.17, 15) is 9.59 Å². The summed E-state index contributed by atoms with van der Waals surface area (Å²) in [6.07, 6.45) is 0.739. The minimum absolute atomic E-state index is 0.137. The van der Waals surface area contributed by atoms with Crippen molar-refractivity contribution in [1.29, 1.82) is 0 Å². The Hall–Kier alpha value is -3.25. The topological polar surface area (TPSA) is 61.8 Å². The maximum Gasteiger partial charge on any atom is 0.200 e. The third-order valence-corrected chi connectivity index (χ3v) is 5.41. The van der Waals surface area contributed by atoms with Crippen molar-refractivity contribution in [2.45, 2.75) is 16.7 Å². The summed E-state index contributed by atoms with van der Waals surface area (Å²) < 4.78 is 17.1. The van der Waals surface area contributed by atoms with Crippen LogP contribution in [0.3, 0.4) is 0 Å². The number of ether oxygens (including phenoxy) is 3. The van der Waals surface area contributed by atoms with Crippen molar-refractivity contribution in [2.24, 2.45) is 0 Å². The molecule has 0 amide bonds. The molecule has 0 unspecified atom stereocenters. The maximum atomic E-state index is 12.7. The van der Waals surface area contributed by atoms with Crippen molar-refractivity contribution >= 4 is 23.8 Å². The molecular formula is C23H18O5S. The van der Waals surface area contributed by atoms with Crippen LogP contribution in [0.2, 0.25) is 0 Å². The zero-order valence-corrected chi connectivity index (χ0v) is 16.5. The largest absolute Gasteiger partial charge is 0.490 e. The van der Waals surface area contributed by atoms with Gasteiger partial charge in [0.05, 0.1) is 16.4 Å². The Morgan fingerprint density at radius 2 is 1.79 bits per heavy atom. The van der Waals surface area contributed by atoms with E-state index >= 15 is 0 Å². The predicted molar refractivity (Wildman–Crippen MR) is 110 cm³/mol. The van der Waals surface area contributed by atoms with Gasteiger partial charge in [-0.2, -0.15) is 0 Å². The molecular weight excluding hydrogens is 388 g/mol. The van der Waals surface area contributed by atoms with Crippen LogP contribution in [-0.2, 0) is 0 Å². The lowest BCUT2D eigenvalue weighted by molar-refractivity contribution is 0.0918. The van der Waals surface area contributed by atoms with Gasteiger partial charge < -0.3 is 14.2 Å². The number of Topliss-reactive ketones (excluding diaryl/α,β-unsaturated/α-hetero) is 1. The van der Waals surface area contributed by atoms with E-state index in [1.807, 2.05) is 37.3 Å². The standard InChI is InChI=1S/C23H18O5S/c1-2-26-21-11-15(13-24)7-9-18(21)27-14-17(25)16-8-10-20-23(12-16)29-22-6-4-3-5-19(22)28-20/h3-13H,2,14H2,1H3. The van der Waals surface area contributed by atoms with Gasteiger partial charge >= 0.3 is 0 Å². The highest BCUT2D eigenvalue weighted by Gasteiger charge is 2.19. The SMILES string of the molecule is CCOc1cc(C=O)ccc1OCC(=O)c1ccc2c(c1)Sc1ccccc1O2. The number of aldehydes is 1. The van der Waals surface area contributed by atoms with Crippen molar-refractivity contribution in [3.8, 4) is 23.0 Å². The zero-order chi connectivity index (χ0) is 20.2. The van der Waals surface area contributed by atoms with Gasteiger partial charge in [0.25, 0.3) is 0 Å². The molecule has 3 aromatic rings. The van der Waals surface area contributed by atoms with Crippen LogP contribution in [0.5, 0.6) is 23.0 Å². The van der Waals surface area contributed by atoms with Gasteiger partial charge in [0.1, 0.15) is 17.8 Å². The molecule has 0 aromatic heterocycles. The van der Waals surface area contributed by atoms with Crippen LogP contribution in [0, 0.1) is 0 Å². The third kappa shape index (κ3) is 4.12. The Balaban J connectivity index is 1.48. The lowest BCUT2D eigenvalue weighted by Crippen LogP contribution is -2.12. The Bertz CT molecular complexity index is 1080. The highest BCUT2D eigenvalue weighted by Crippen LogP contribution is 2.47. The fourth-order valence-electron chi connectivity index (χ4n) is 2.91. The lowest BCUT2D eigenvalue weighted by atomic mass is 10.1. The van der Waals surface area contributed by atoms with Crippen LogP contribution in [0.4, 0.5) is 0 Å². The average molecular weight is 406 g/mol. The number of hydrogen-bond donors (Lipinski definition) is 0. The second-order valence-corrected chi connectivity index (χ2v) is 7.37. The molecule has 0 bridgehead atoms. The van der Waals surface area contributed by atoms with E-state index in [0.717, 1.165) is 27.6 Å². The molecule has 5 nitrogen and oxygen atoms in total. The molecule has 4 rings (SSSR count). The Kier molecular flexibility index (Phi) is 5.53. The molecule has 1 heterocycles. The highest BCUT2D eigenvalue weighted by molar-refractivity contribution is 7.99. The number of fused-ring (bicyclic) bond motifs is 2. The van der Waals surface area contributed by atoms with E-state index < -0.39 is 0 Å². The first-order chi connectivity index (χ1) is 14.2. The van der Waals surface area contributed by atoms with Crippen LogP contribution in [0.15, 0.2) is 70.5 Å². The molecule has 1 aliphatic rings. The molecule has 0 spiro atoms. The minimum atomic E-state index is -0.158. The Morgan fingerprint density at radius 1 is 0.966 bits per heavy atom. The summed E-state index contributed by atoms with van der Waals surface area (Å²) in [7, 11) is 0. The van der Waals surface area contributed by atoms with E-state index in [-0.39, 0.29) is 12.4 Å². The number of para-hydroxylation sites is 1. The summed E-state index contributed by atoms with van der Waals surface area (Å²) in [6, 6.07) is 18.0. The lowest BCUT2D eigenvalue weighted by Gasteiger charge is -2.19. The van der Waals surface area contributed by atoms with Crippen molar-refractivity contribution in [1.82, 2.24) is 0 Å². The van der Waals surface area contributed by atoms with Gasteiger partial charge in [-0.15, -0.1) is 0 Å². The normalized spacial score (nSPS) is 11.6. The Morgan fingerprint density at radius 3 is 2.62 bits per heavy atom. The first-order valence-corrected chi connectivity index (χ1v) is 9.96. The van der Waals surface area contributed by atoms with E-state index in [0.29, 0.717) is 29.2 Å². The maximum absolute atomic E-state index is 12.7. The van der Waals surface area contributed by atoms with Crippen LogP contribution in [-0.4, -0.2) is 25.3 Å². The minimum Gasteiger partial charge on any atom is -0.490 e. The fourth-order valence-corrected chi connectivity index (χ4v) is 3.90. The first kappa shape index (κ1) is 19.1. The summed E-state index contributed by atoms with van der Waals surface area (Å²) in [5.74, 6) is 2.25. The van der Waals surface area contributed by atoms with Gasteiger partial charge in [-0.05, 0) is 55.5 Å². The van der Waals surface area contributed by atoms with Gasteiger partial charge in [-0.1, -0.05) is 23.9 Å². The number of hydrogen-bond acceptors (Lipinski definition) is 6. The van der Waals surface area contributed by atoms with Crippen LogP contribution >= 0.6 is 11.8 Å². The van der Waals surface area contributed by atoms with Gasteiger partial charge in [0.15, 0.2) is 23.9 Å². The summed E-state index contributed by atoms with van der Waals surface area (Å²) >= 11 is 1.57. The third-order valence-electron chi connectivity index (χ3n) is 4.32. The predicted octanol–water partition coefficient (Wildman–Crippen LogP) is 5.42. The highest BCUT2D eigenvalue weighted by atomic mass is 32.2. The molecule has 0 N–H and O–H groups in total. The summed E-state index contributed by atoms with van der Waals surface area (Å²) in [5.41, 5.74) is 1.03. The van der Waals surface area contributed by atoms with E-state index in [4.69, 9.17) is 14.2 Å². The van der Waals surface area contributed by atoms with Crippen molar-refractivity contribution in [2.75, 3.05) is 13.2 Å². The summed E-state index contributed by atoms with van der Waals surface area (Å²) in [6.45, 7) is 2.13. The van der Waals surface area contributed by atoms with Crippen molar-refractivity contribution in [3.63, 3.8) is 0 Å². The van der Waals surface area contributed by atoms with E-state index in [1.165, 1.54) is 0 Å². The van der Waals surface area contributed by atoms with Gasteiger partial charge in [0.2, 0.25) is 0 Å². The monoisotopic (exact) mass is 406 g/mol. The summed E-state index contributed by atoms with van der Waals surface area (Å²) in [4.78, 5) is 25.5. The Labute approximate surface area is 172 Å². The molecule has 1 aliphatic heterocycles. The van der Waals surface area contributed by atoms with Gasteiger partial charge in [-0.3, -0.25) is 9.59 Å². The molecule has 0 atom stereocenters. The number of rotatable bonds is 7. The number of carbonyl (C=O) groups is 2. The average Bonchev–Trinajstić information content (AvgIpc) is 2.76. The van der Waals surface area contributed by atoms with Crippen LogP contribution in [0.25, 0.3) is 0 Å². The molecule has 0 fully saturated rings. The molecule has 0 radical (unpaired) electrons. The number of benzene rings is 3. The molecule has 0 saturated heterocycles. The smallest absolute Gasteiger partial charge is 0.200 e. The second kappa shape index (κ2) is 8.41. The number of ketones is 1. The van der Waals surface area contributed by atoms with Gasteiger partial charge in [0, 0.05) is 11.1 Å². The zero-order valence-electron chi connectivity index (χ0n) is 15.7. The van der Waals surface area contributed by atoms with Crippen LogP contribution < -0.4 is 14.2 Å². The summed E-state index contributed by atoms with van der Waals surface area (Å²) in [5, 5.41) is 0.